The number of hydrogen-bond donors (Lipinski definition) is 2. The molecule has 4 N–H and O–H groups in total. The van der Waals surface area contributed by atoms with Crippen molar-refractivity contribution in [1.82, 2.24) is 9.66 Å². The molecule has 0 aromatic carbocycles. The third kappa shape index (κ3) is 2.31. The summed E-state index contributed by atoms with van der Waals surface area (Å²) in [5.41, 5.74) is 6.96. The molecule has 1 heterocycles. The van der Waals surface area contributed by atoms with E-state index < -0.39 is 0 Å². The van der Waals surface area contributed by atoms with E-state index in [0.29, 0.717) is 11.7 Å². The first kappa shape index (κ1) is 11.3. The van der Waals surface area contributed by atoms with Gasteiger partial charge in [-0.2, -0.15) is 0 Å². The predicted molar refractivity (Wildman–Crippen MR) is 66.6 cm³/mol. The molecule has 1 fully saturated rings. The Morgan fingerprint density at radius 3 is 2.69 bits per heavy atom. The maximum Gasteiger partial charge on any atom is 0.145 e. The molecule has 0 amide bonds. The largest absolute Gasteiger partial charge is 0.382 e. The fraction of sp³-hybridized carbons (Fsp3) is 0.750. The number of nitrogen functional groups attached to an aromatic ring is 2. The summed E-state index contributed by atoms with van der Waals surface area (Å²) in [6.45, 7) is 2.22. The molecule has 0 radical (unpaired) electrons. The van der Waals surface area contributed by atoms with Gasteiger partial charge in [0.1, 0.15) is 11.6 Å². The molecule has 0 aliphatic heterocycles. The third-order valence-electron chi connectivity index (χ3n) is 3.26. The molecule has 4 nitrogen and oxygen atoms in total. The Kier molecular flexibility index (Phi) is 3.36. The molecule has 1 aliphatic carbocycles. The van der Waals surface area contributed by atoms with E-state index in [9.17, 15) is 0 Å². The monoisotopic (exact) mass is 222 g/mol. The summed E-state index contributed by atoms with van der Waals surface area (Å²) in [6, 6.07) is 0. The first-order chi connectivity index (χ1) is 7.74. The lowest BCUT2D eigenvalue weighted by Crippen LogP contribution is -2.15. The van der Waals surface area contributed by atoms with Crippen molar-refractivity contribution < 1.29 is 0 Å². The van der Waals surface area contributed by atoms with E-state index in [2.05, 4.69) is 11.9 Å². The highest BCUT2D eigenvalue weighted by Gasteiger charge is 2.29. The molecule has 2 rings (SSSR count). The normalized spacial score (nSPS) is 15.6. The van der Waals surface area contributed by atoms with E-state index in [-0.39, 0.29) is 0 Å². The van der Waals surface area contributed by atoms with Crippen molar-refractivity contribution in [2.75, 3.05) is 11.6 Å². The minimum absolute atomic E-state index is 0.566. The minimum Gasteiger partial charge on any atom is -0.382 e. The zero-order valence-corrected chi connectivity index (χ0v) is 10.1. The number of anilines is 1. The van der Waals surface area contributed by atoms with Gasteiger partial charge >= 0.3 is 0 Å². The fourth-order valence-corrected chi connectivity index (χ4v) is 2.04. The maximum absolute atomic E-state index is 5.96. The van der Waals surface area contributed by atoms with Gasteiger partial charge in [-0.05, 0) is 25.7 Å². The van der Waals surface area contributed by atoms with Crippen molar-refractivity contribution in [2.24, 2.45) is 0 Å². The average molecular weight is 222 g/mol. The Labute approximate surface area is 97.0 Å². The highest BCUT2D eigenvalue weighted by Crippen LogP contribution is 2.39. The molecule has 0 saturated heterocycles. The van der Waals surface area contributed by atoms with Crippen LogP contribution in [0, 0.1) is 0 Å². The van der Waals surface area contributed by atoms with Crippen molar-refractivity contribution in [3.8, 4) is 0 Å². The highest BCUT2D eigenvalue weighted by molar-refractivity contribution is 5.39. The number of rotatable bonds is 6. The van der Waals surface area contributed by atoms with Crippen LogP contribution in [0.3, 0.4) is 0 Å². The van der Waals surface area contributed by atoms with Crippen LogP contribution < -0.4 is 11.6 Å². The molecule has 90 valence electrons. The van der Waals surface area contributed by atoms with Crippen LogP contribution >= 0.6 is 0 Å². The smallest absolute Gasteiger partial charge is 0.145 e. The number of nitrogens with two attached hydrogens (primary N) is 2. The predicted octanol–water partition coefficient (Wildman–Crippen LogP) is 2.18. The number of unbranched alkanes of at least 4 members (excludes halogenated alkanes) is 3. The lowest BCUT2D eigenvalue weighted by molar-refractivity contribution is 0.662. The summed E-state index contributed by atoms with van der Waals surface area (Å²) >= 11 is 0. The molecule has 0 bridgehead atoms. The minimum atomic E-state index is 0.566. The van der Waals surface area contributed by atoms with Crippen LogP contribution in [0.1, 0.15) is 62.9 Å². The van der Waals surface area contributed by atoms with Gasteiger partial charge in [-0.25, -0.2) is 9.66 Å². The number of imidazole rings is 1. The summed E-state index contributed by atoms with van der Waals surface area (Å²) in [6.07, 6.45) is 8.36. The second-order valence-electron chi connectivity index (χ2n) is 4.76. The third-order valence-corrected chi connectivity index (χ3v) is 3.26. The second kappa shape index (κ2) is 4.76. The van der Waals surface area contributed by atoms with Crippen LogP contribution in [0.2, 0.25) is 0 Å². The summed E-state index contributed by atoms with van der Waals surface area (Å²) in [5, 5.41) is 0. The molecule has 0 spiro atoms. The Morgan fingerprint density at radius 1 is 1.31 bits per heavy atom. The molecule has 0 atom stereocenters. The molecule has 1 aliphatic rings. The Balaban J connectivity index is 1.95. The van der Waals surface area contributed by atoms with Crippen LogP contribution in [-0.2, 0) is 6.42 Å². The Bertz CT molecular complexity index is 352. The first-order valence-electron chi connectivity index (χ1n) is 6.36. The molecular formula is C12H22N4. The van der Waals surface area contributed by atoms with Crippen LogP contribution in [0.25, 0.3) is 0 Å². The summed E-state index contributed by atoms with van der Waals surface area (Å²) in [5.74, 6) is 8.12. The van der Waals surface area contributed by atoms with E-state index in [1.54, 1.807) is 4.68 Å². The van der Waals surface area contributed by atoms with Crippen molar-refractivity contribution in [3.63, 3.8) is 0 Å². The Morgan fingerprint density at radius 2 is 2.06 bits per heavy atom. The molecule has 0 unspecified atom stereocenters. The van der Waals surface area contributed by atoms with Crippen molar-refractivity contribution in [3.05, 3.63) is 11.5 Å². The standard InChI is InChI=1S/C12H22N4/c1-2-3-4-5-6-10-11(13)16(14)12(15-10)9-7-8-9/h9H,2-8,13-14H2,1H3. The molecule has 1 aromatic rings. The molecule has 4 heteroatoms. The highest BCUT2D eigenvalue weighted by atomic mass is 15.4. The van der Waals surface area contributed by atoms with Gasteiger partial charge in [0.2, 0.25) is 0 Å². The van der Waals surface area contributed by atoms with Crippen molar-refractivity contribution >= 4 is 5.82 Å². The number of aryl methyl sites for hydroxylation is 1. The van der Waals surface area contributed by atoms with Crippen LogP contribution in [0.15, 0.2) is 0 Å². The lowest BCUT2D eigenvalue weighted by Gasteiger charge is -2.00. The number of hydrogen-bond acceptors (Lipinski definition) is 3. The van der Waals surface area contributed by atoms with Gasteiger partial charge in [0.05, 0.1) is 5.69 Å². The number of aromatic nitrogens is 2. The lowest BCUT2D eigenvalue weighted by atomic mass is 10.1. The van der Waals surface area contributed by atoms with Gasteiger partial charge in [0.15, 0.2) is 0 Å². The zero-order valence-electron chi connectivity index (χ0n) is 10.1. The van der Waals surface area contributed by atoms with Gasteiger partial charge < -0.3 is 11.6 Å². The quantitative estimate of drug-likeness (QED) is 0.572. The van der Waals surface area contributed by atoms with Gasteiger partial charge in [-0.15, -0.1) is 0 Å². The summed E-state index contributed by atoms with van der Waals surface area (Å²) in [7, 11) is 0. The average Bonchev–Trinajstić information content (AvgIpc) is 3.07. The molecule has 1 aromatic heterocycles. The van der Waals surface area contributed by atoms with E-state index >= 15 is 0 Å². The SMILES string of the molecule is CCCCCCc1nc(C2CC2)n(N)c1N. The van der Waals surface area contributed by atoms with Gasteiger partial charge in [-0.3, -0.25) is 0 Å². The van der Waals surface area contributed by atoms with E-state index in [0.717, 1.165) is 17.9 Å². The van der Waals surface area contributed by atoms with Crippen LogP contribution in [0.4, 0.5) is 5.82 Å². The first-order valence-corrected chi connectivity index (χ1v) is 6.36. The van der Waals surface area contributed by atoms with Gasteiger partial charge in [0, 0.05) is 5.92 Å². The summed E-state index contributed by atoms with van der Waals surface area (Å²) < 4.78 is 1.59. The van der Waals surface area contributed by atoms with E-state index in [1.165, 1.54) is 38.5 Å². The van der Waals surface area contributed by atoms with Crippen molar-refractivity contribution in [2.45, 2.75) is 57.8 Å². The van der Waals surface area contributed by atoms with E-state index in [1.807, 2.05) is 0 Å². The van der Waals surface area contributed by atoms with Crippen LogP contribution in [0.5, 0.6) is 0 Å². The fourth-order valence-electron chi connectivity index (χ4n) is 2.04. The molecule has 16 heavy (non-hydrogen) atoms. The maximum atomic E-state index is 5.96. The van der Waals surface area contributed by atoms with Crippen molar-refractivity contribution in [1.29, 1.82) is 0 Å². The molecular weight excluding hydrogens is 200 g/mol. The second-order valence-corrected chi connectivity index (χ2v) is 4.76. The number of nitrogens with zero attached hydrogens (tertiary/aromatic N) is 2. The summed E-state index contributed by atoms with van der Waals surface area (Å²) in [4.78, 5) is 4.58. The topological polar surface area (TPSA) is 69.9 Å². The zero-order chi connectivity index (χ0) is 11.5. The van der Waals surface area contributed by atoms with Crippen LogP contribution in [-0.4, -0.2) is 9.66 Å². The van der Waals surface area contributed by atoms with Gasteiger partial charge in [-0.1, -0.05) is 26.2 Å². The van der Waals surface area contributed by atoms with E-state index in [4.69, 9.17) is 11.6 Å². The Hall–Kier alpha value is -1.19. The van der Waals surface area contributed by atoms with Gasteiger partial charge in [0.25, 0.3) is 0 Å². The molecule has 1 saturated carbocycles.